The summed E-state index contributed by atoms with van der Waals surface area (Å²) in [5.74, 6) is 0. The van der Waals surface area contributed by atoms with Gasteiger partial charge in [0.25, 0.3) is 0 Å². The molecule has 0 saturated heterocycles. The summed E-state index contributed by atoms with van der Waals surface area (Å²) in [4.78, 5) is 0. The first kappa shape index (κ1) is 13.1. The summed E-state index contributed by atoms with van der Waals surface area (Å²) >= 11 is 0. The quantitative estimate of drug-likeness (QED) is 0.650. The van der Waals surface area contributed by atoms with Crippen molar-refractivity contribution in [3.8, 4) is 28.3 Å². The number of nitriles is 1. The minimum absolute atomic E-state index is 0.459. The third kappa shape index (κ3) is 2.85. The molecular formula is C20H15N. The van der Waals surface area contributed by atoms with E-state index in [1.54, 1.807) is 0 Å². The van der Waals surface area contributed by atoms with Gasteiger partial charge in [-0.2, -0.15) is 5.26 Å². The number of nitrogens with zero attached hydrogens (tertiary/aromatic N) is 1. The van der Waals surface area contributed by atoms with Crippen molar-refractivity contribution in [2.24, 2.45) is 0 Å². The van der Waals surface area contributed by atoms with Gasteiger partial charge >= 0.3 is 0 Å². The first-order valence-corrected chi connectivity index (χ1v) is 6.99. The molecule has 0 atom stereocenters. The van der Waals surface area contributed by atoms with Gasteiger partial charge in [-0.1, -0.05) is 78.9 Å². The predicted molar refractivity (Wildman–Crippen MR) is 86.6 cm³/mol. The molecule has 0 unspecified atom stereocenters. The zero-order valence-electron chi connectivity index (χ0n) is 11.7. The van der Waals surface area contributed by atoms with Crippen LogP contribution < -0.4 is 0 Å². The van der Waals surface area contributed by atoms with Crippen LogP contribution in [0.4, 0.5) is 0 Å². The van der Waals surface area contributed by atoms with Crippen molar-refractivity contribution in [1.29, 1.82) is 5.26 Å². The highest BCUT2D eigenvalue weighted by molar-refractivity contribution is 5.83. The first-order chi connectivity index (χ1) is 10.4. The van der Waals surface area contributed by atoms with E-state index in [1.807, 2.05) is 18.2 Å². The van der Waals surface area contributed by atoms with Crippen LogP contribution in [0.25, 0.3) is 22.3 Å². The highest BCUT2D eigenvalue weighted by Gasteiger charge is 2.06. The second-order valence-corrected chi connectivity index (χ2v) is 4.94. The first-order valence-electron chi connectivity index (χ1n) is 6.99. The standard InChI is InChI=1S/C20H15N/c21-15-14-16-10-12-18(13-11-16)20-9-5-4-8-19(20)17-6-2-1-3-7-17/h1-13H,14H2. The molecular weight excluding hydrogens is 254 g/mol. The van der Waals surface area contributed by atoms with E-state index < -0.39 is 0 Å². The van der Waals surface area contributed by atoms with Crippen molar-refractivity contribution in [1.82, 2.24) is 0 Å². The van der Waals surface area contributed by atoms with Crippen molar-refractivity contribution in [3.05, 3.63) is 84.4 Å². The summed E-state index contributed by atoms with van der Waals surface area (Å²) in [6, 6.07) is 29.2. The van der Waals surface area contributed by atoms with E-state index >= 15 is 0 Å². The molecule has 0 aliphatic rings. The van der Waals surface area contributed by atoms with Gasteiger partial charge in [0.1, 0.15) is 0 Å². The smallest absolute Gasteiger partial charge is 0.0669 e. The monoisotopic (exact) mass is 269 g/mol. The Morgan fingerprint density at radius 1 is 0.619 bits per heavy atom. The van der Waals surface area contributed by atoms with E-state index in [9.17, 15) is 0 Å². The van der Waals surface area contributed by atoms with Crippen molar-refractivity contribution >= 4 is 0 Å². The van der Waals surface area contributed by atoms with Crippen LogP contribution in [0.5, 0.6) is 0 Å². The summed E-state index contributed by atoms with van der Waals surface area (Å²) in [7, 11) is 0. The second kappa shape index (κ2) is 6.07. The molecule has 1 nitrogen and oxygen atoms in total. The van der Waals surface area contributed by atoms with Crippen LogP contribution >= 0.6 is 0 Å². The molecule has 3 rings (SSSR count). The Morgan fingerprint density at radius 2 is 1.14 bits per heavy atom. The lowest BCUT2D eigenvalue weighted by atomic mass is 9.94. The molecule has 0 fully saturated rings. The Bertz CT molecular complexity index is 765. The lowest BCUT2D eigenvalue weighted by Gasteiger charge is -2.10. The SMILES string of the molecule is N#CCc1ccc(-c2ccccc2-c2ccccc2)cc1. The van der Waals surface area contributed by atoms with Crippen molar-refractivity contribution in [2.45, 2.75) is 6.42 Å². The Morgan fingerprint density at radius 3 is 1.71 bits per heavy atom. The van der Waals surface area contributed by atoms with Crippen LogP contribution in [0, 0.1) is 11.3 Å². The average molecular weight is 269 g/mol. The van der Waals surface area contributed by atoms with Gasteiger partial charge in [-0.25, -0.2) is 0 Å². The highest BCUT2D eigenvalue weighted by atomic mass is 14.2. The number of rotatable bonds is 3. The molecule has 0 radical (unpaired) electrons. The van der Waals surface area contributed by atoms with Crippen molar-refractivity contribution < 1.29 is 0 Å². The number of hydrogen-bond donors (Lipinski definition) is 0. The summed E-state index contributed by atoms with van der Waals surface area (Å²) in [5, 5.41) is 8.75. The summed E-state index contributed by atoms with van der Waals surface area (Å²) < 4.78 is 0. The molecule has 0 bridgehead atoms. The molecule has 3 aromatic rings. The van der Waals surface area contributed by atoms with Crippen LogP contribution in [0.1, 0.15) is 5.56 Å². The van der Waals surface area contributed by atoms with Crippen LogP contribution in [0.3, 0.4) is 0 Å². The Balaban J connectivity index is 2.05. The van der Waals surface area contributed by atoms with Gasteiger partial charge in [0.2, 0.25) is 0 Å². The molecule has 0 N–H and O–H groups in total. The van der Waals surface area contributed by atoms with E-state index in [4.69, 9.17) is 5.26 Å². The molecule has 0 aliphatic carbocycles. The fourth-order valence-corrected chi connectivity index (χ4v) is 2.50. The van der Waals surface area contributed by atoms with Gasteiger partial charge in [0.05, 0.1) is 12.5 Å². The zero-order valence-corrected chi connectivity index (χ0v) is 11.7. The molecule has 0 aromatic heterocycles. The maximum atomic E-state index is 8.75. The molecule has 0 spiro atoms. The zero-order chi connectivity index (χ0) is 14.5. The summed E-state index contributed by atoms with van der Waals surface area (Å²) in [6.45, 7) is 0. The molecule has 100 valence electrons. The largest absolute Gasteiger partial charge is 0.198 e. The molecule has 0 heterocycles. The topological polar surface area (TPSA) is 23.8 Å². The summed E-state index contributed by atoms with van der Waals surface area (Å²) in [5.41, 5.74) is 5.89. The van der Waals surface area contributed by atoms with E-state index in [0.717, 1.165) is 5.56 Å². The van der Waals surface area contributed by atoms with Crippen LogP contribution in [0.15, 0.2) is 78.9 Å². The van der Waals surface area contributed by atoms with Gasteiger partial charge in [-0.05, 0) is 27.8 Å². The molecule has 3 aromatic carbocycles. The van der Waals surface area contributed by atoms with Gasteiger partial charge in [-0.15, -0.1) is 0 Å². The molecule has 0 saturated carbocycles. The van der Waals surface area contributed by atoms with E-state index in [2.05, 4.69) is 66.7 Å². The third-order valence-electron chi connectivity index (χ3n) is 3.56. The van der Waals surface area contributed by atoms with Crippen LogP contribution in [-0.4, -0.2) is 0 Å². The fraction of sp³-hybridized carbons (Fsp3) is 0.0500. The van der Waals surface area contributed by atoms with Crippen LogP contribution in [0.2, 0.25) is 0 Å². The molecule has 1 heteroatoms. The molecule has 0 amide bonds. The Hall–Kier alpha value is -2.85. The fourth-order valence-electron chi connectivity index (χ4n) is 2.50. The van der Waals surface area contributed by atoms with E-state index in [0.29, 0.717) is 6.42 Å². The van der Waals surface area contributed by atoms with Gasteiger partial charge in [-0.3, -0.25) is 0 Å². The van der Waals surface area contributed by atoms with Crippen molar-refractivity contribution in [2.75, 3.05) is 0 Å². The van der Waals surface area contributed by atoms with Gasteiger partial charge in [0, 0.05) is 0 Å². The van der Waals surface area contributed by atoms with Gasteiger partial charge < -0.3 is 0 Å². The number of benzene rings is 3. The third-order valence-corrected chi connectivity index (χ3v) is 3.56. The number of hydrogen-bond acceptors (Lipinski definition) is 1. The van der Waals surface area contributed by atoms with Crippen LogP contribution in [-0.2, 0) is 6.42 Å². The Kier molecular flexibility index (Phi) is 3.80. The predicted octanol–water partition coefficient (Wildman–Crippen LogP) is 5.09. The lowest BCUT2D eigenvalue weighted by molar-refractivity contribution is 1.26. The maximum Gasteiger partial charge on any atom is 0.0669 e. The molecule has 0 aliphatic heterocycles. The minimum atomic E-state index is 0.459. The lowest BCUT2D eigenvalue weighted by Crippen LogP contribution is -1.86. The normalized spacial score (nSPS) is 10.0. The average Bonchev–Trinajstić information content (AvgIpc) is 2.57. The minimum Gasteiger partial charge on any atom is -0.198 e. The van der Waals surface area contributed by atoms with E-state index in [-0.39, 0.29) is 0 Å². The Labute approximate surface area is 125 Å². The highest BCUT2D eigenvalue weighted by Crippen LogP contribution is 2.31. The van der Waals surface area contributed by atoms with Gasteiger partial charge in [0.15, 0.2) is 0 Å². The second-order valence-electron chi connectivity index (χ2n) is 4.94. The van der Waals surface area contributed by atoms with Crippen molar-refractivity contribution in [3.63, 3.8) is 0 Å². The van der Waals surface area contributed by atoms with E-state index in [1.165, 1.54) is 22.3 Å². The summed E-state index contributed by atoms with van der Waals surface area (Å²) in [6.07, 6.45) is 0.459. The maximum absolute atomic E-state index is 8.75. The molecule has 21 heavy (non-hydrogen) atoms.